The molecular weight excluding hydrogens is 401 g/mol. The van der Waals surface area contributed by atoms with Gasteiger partial charge in [-0.1, -0.05) is 48.0 Å². The smallest absolute Gasteiger partial charge is 0.227 e. The van der Waals surface area contributed by atoms with Crippen LogP contribution in [0.3, 0.4) is 0 Å². The molecule has 0 saturated carbocycles. The van der Waals surface area contributed by atoms with Crippen LogP contribution in [-0.2, 0) is 11.3 Å². The fourth-order valence-corrected chi connectivity index (χ4v) is 4.37. The number of rotatable bonds is 4. The Labute approximate surface area is 178 Å². The molecule has 0 bridgehead atoms. The highest BCUT2D eigenvalue weighted by molar-refractivity contribution is 6.33. The molecule has 0 N–H and O–H groups in total. The Balaban J connectivity index is 1.53. The highest BCUT2D eigenvalue weighted by atomic mass is 35.5. The monoisotopic (exact) mass is 419 g/mol. The summed E-state index contributed by atoms with van der Waals surface area (Å²) in [5.74, 6) is 0.588. The van der Waals surface area contributed by atoms with E-state index in [2.05, 4.69) is 4.57 Å². The van der Waals surface area contributed by atoms with E-state index in [1.165, 1.54) is 12.1 Å². The van der Waals surface area contributed by atoms with Gasteiger partial charge in [0.25, 0.3) is 0 Å². The molecule has 2 heterocycles. The molecule has 0 spiro atoms. The second kappa shape index (κ2) is 7.58. The molecule has 1 aliphatic heterocycles. The molecule has 1 saturated heterocycles. The first-order valence-electron chi connectivity index (χ1n) is 9.84. The number of amides is 1. The topological polar surface area (TPSA) is 38.1 Å². The van der Waals surface area contributed by atoms with Gasteiger partial charge in [-0.15, -0.1) is 0 Å². The second-order valence-corrected chi connectivity index (χ2v) is 7.94. The standard InChI is InChI=1S/C24H19ClFN3O/c25-19-5-1-3-7-21(19)28-15-17(13-23(28)30)24-27-20-6-2-4-8-22(20)29(24)14-16-9-11-18(26)12-10-16/h1-12,17H,13-15H2/t17-/m0/s1. The summed E-state index contributed by atoms with van der Waals surface area (Å²) in [6.45, 7) is 1.09. The fraction of sp³-hybridized carbons (Fsp3) is 0.167. The molecule has 1 aliphatic rings. The van der Waals surface area contributed by atoms with Gasteiger partial charge in [0.05, 0.1) is 21.7 Å². The number of hydrogen-bond acceptors (Lipinski definition) is 2. The predicted octanol–water partition coefficient (Wildman–Crippen LogP) is 5.40. The maximum Gasteiger partial charge on any atom is 0.227 e. The number of imidazole rings is 1. The van der Waals surface area contributed by atoms with Crippen molar-refractivity contribution in [3.8, 4) is 0 Å². The van der Waals surface area contributed by atoms with Gasteiger partial charge in [-0.3, -0.25) is 4.79 Å². The molecule has 4 aromatic rings. The van der Waals surface area contributed by atoms with Crippen LogP contribution in [0.25, 0.3) is 11.0 Å². The highest BCUT2D eigenvalue weighted by Gasteiger charge is 2.35. The Morgan fingerprint density at radius 1 is 1.00 bits per heavy atom. The lowest BCUT2D eigenvalue weighted by molar-refractivity contribution is -0.117. The van der Waals surface area contributed by atoms with E-state index in [1.54, 1.807) is 23.1 Å². The van der Waals surface area contributed by atoms with E-state index in [0.29, 0.717) is 24.5 Å². The zero-order chi connectivity index (χ0) is 20.7. The summed E-state index contributed by atoms with van der Waals surface area (Å²) in [4.78, 5) is 19.4. The molecule has 1 aromatic heterocycles. The number of carbonyl (C=O) groups is 1. The third kappa shape index (κ3) is 3.35. The number of fused-ring (bicyclic) bond motifs is 1. The van der Waals surface area contributed by atoms with E-state index < -0.39 is 0 Å². The maximum absolute atomic E-state index is 13.4. The van der Waals surface area contributed by atoms with Gasteiger partial charge in [0, 0.05) is 25.4 Å². The van der Waals surface area contributed by atoms with Crippen LogP contribution in [0.1, 0.15) is 23.7 Å². The van der Waals surface area contributed by atoms with Gasteiger partial charge in [0.15, 0.2) is 0 Å². The normalized spacial score (nSPS) is 16.5. The van der Waals surface area contributed by atoms with Crippen LogP contribution in [0.15, 0.2) is 72.8 Å². The molecule has 1 amide bonds. The van der Waals surface area contributed by atoms with Crippen molar-refractivity contribution in [2.75, 3.05) is 11.4 Å². The molecule has 1 atom stereocenters. The van der Waals surface area contributed by atoms with Gasteiger partial charge < -0.3 is 9.47 Å². The van der Waals surface area contributed by atoms with Crippen molar-refractivity contribution >= 4 is 34.2 Å². The summed E-state index contributed by atoms with van der Waals surface area (Å²) in [6, 6.07) is 21.8. The van der Waals surface area contributed by atoms with E-state index in [9.17, 15) is 9.18 Å². The summed E-state index contributed by atoms with van der Waals surface area (Å²) >= 11 is 6.33. The van der Waals surface area contributed by atoms with Gasteiger partial charge >= 0.3 is 0 Å². The largest absolute Gasteiger partial charge is 0.323 e. The lowest BCUT2D eigenvalue weighted by Crippen LogP contribution is -2.24. The van der Waals surface area contributed by atoms with Crippen molar-refractivity contribution in [1.82, 2.24) is 9.55 Å². The number of carbonyl (C=O) groups excluding carboxylic acids is 1. The summed E-state index contributed by atoms with van der Waals surface area (Å²) < 4.78 is 15.5. The Kier molecular flexibility index (Phi) is 4.75. The molecule has 0 radical (unpaired) electrons. The lowest BCUT2D eigenvalue weighted by Gasteiger charge is -2.18. The van der Waals surface area contributed by atoms with Gasteiger partial charge in [-0.25, -0.2) is 9.37 Å². The number of anilines is 1. The summed E-state index contributed by atoms with van der Waals surface area (Å²) in [5.41, 5.74) is 3.60. The molecule has 150 valence electrons. The molecule has 4 nitrogen and oxygen atoms in total. The summed E-state index contributed by atoms with van der Waals surface area (Å²) in [6.07, 6.45) is 0.373. The van der Waals surface area contributed by atoms with E-state index in [1.807, 2.05) is 42.5 Å². The fourth-order valence-electron chi connectivity index (χ4n) is 4.13. The van der Waals surface area contributed by atoms with Crippen LogP contribution in [0.2, 0.25) is 5.02 Å². The van der Waals surface area contributed by atoms with Crippen LogP contribution in [0.4, 0.5) is 10.1 Å². The molecule has 0 aliphatic carbocycles. The van der Waals surface area contributed by atoms with Crippen LogP contribution < -0.4 is 4.90 Å². The maximum atomic E-state index is 13.4. The van der Waals surface area contributed by atoms with Crippen molar-refractivity contribution in [2.24, 2.45) is 0 Å². The van der Waals surface area contributed by atoms with Crippen molar-refractivity contribution in [3.63, 3.8) is 0 Å². The van der Waals surface area contributed by atoms with Crippen molar-refractivity contribution < 1.29 is 9.18 Å². The first kappa shape index (κ1) is 18.8. The molecule has 6 heteroatoms. The van der Waals surface area contributed by atoms with Gasteiger partial charge in [0.2, 0.25) is 5.91 Å². The van der Waals surface area contributed by atoms with Crippen LogP contribution in [0.5, 0.6) is 0 Å². The quantitative estimate of drug-likeness (QED) is 0.444. The zero-order valence-electron chi connectivity index (χ0n) is 16.1. The molecule has 0 unspecified atom stereocenters. The summed E-state index contributed by atoms with van der Waals surface area (Å²) in [7, 11) is 0. The minimum Gasteiger partial charge on any atom is -0.323 e. The number of halogens is 2. The van der Waals surface area contributed by atoms with Crippen LogP contribution in [0, 0.1) is 5.82 Å². The third-order valence-corrected chi connectivity index (χ3v) is 5.89. The molecule has 3 aromatic carbocycles. The predicted molar refractivity (Wildman–Crippen MR) is 116 cm³/mol. The first-order valence-corrected chi connectivity index (χ1v) is 10.2. The third-order valence-electron chi connectivity index (χ3n) is 5.57. The van der Waals surface area contributed by atoms with Crippen molar-refractivity contribution in [2.45, 2.75) is 18.9 Å². The number of nitrogens with zero attached hydrogens (tertiary/aromatic N) is 3. The SMILES string of the molecule is O=C1C[C@H](c2nc3ccccc3n2Cc2ccc(F)cc2)CN1c1ccccc1Cl. The molecule has 1 fully saturated rings. The number of para-hydroxylation sites is 3. The molecule has 30 heavy (non-hydrogen) atoms. The zero-order valence-corrected chi connectivity index (χ0v) is 16.9. The Morgan fingerprint density at radius 2 is 1.73 bits per heavy atom. The lowest BCUT2D eigenvalue weighted by atomic mass is 10.1. The van der Waals surface area contributed by atoms with Gasteiger partial charge in [0.1, 0.15) is 11.6 Å². The van der Waals surface area contributed by atoms with Gasteiger partial charge in [-0.2, -0.15) is 0 Å². The minimum atomic E-state index is -0.258. The van der Waals surface area contributed by atoms with E-state index in [0.717, 1.165) is 28.1 Å². The van der Waals surface area contributed by atoms with Crippen molar-refractivity contribution in [1.29, 1.82) is 0 Å². The average Bonchev–Trinajstić information content (AvgIpc) is 3.31. The van der Waals surface area contributed by atoms with Crippen molar-refractivity contribution in [3.05, 3.63) is 95.0 Å². The Bertz CT molecular complexity index is 1230. The number of hydrogen-bond donors (Lipinski definition) is 0. The minimum absolute atomic E-state index is 0.0356. The average molecular weight is 420 g/mol. The van der Waals surface area contributed by atoms with E-state index >= 15 is 0 Å². The van der Waals surface area contributed by atoms with E-state index in [-0.39, 0.29) is 17.6 Å². The highest BCUT2D eigenvalue weighted by Crippen LogP contribution is 2.36. The van der Waals surface area contributed by atoms with E-state index in [4.69, 9.17) is 16.6 Å². The summed E-state index contributed by atoms with van der Waals surface area (Å²) in [5, 5.41) is 0.561. The molecule has 5 rings (SSSR count). The number of aromatic nitrogens is 2. The molecular formula is C24H19ClFN3O. The Hall–Kier alpha value is -3.18. The first-order chi connectivity index (χ1) is 14.6. The number of benzene rings is 3. The van der Waals surface area contributed by atoms with Gasteiger partial charge in [-0.05, 0) is 42.0 Å². The second-order valence-electron chi connectivity index (χ2n) is 7.53. The van der Waals surface area contributed by atoms with Crippen LogP contribution in [-0.4, -0.2) is 22.0 Å². The Morgan fingerprint density at radius 3 is 2.53 bits per heavy atom. The van der Waals surface area contributed by atoms with Crippen LogP contribution >= 0.6 is 11.6 Å².